The van der Waals surface area contributed by atoms with E-state index < -0.39 is 6.04 Å². The highest BCUT2D eigenvalue weighted by Crippen LogP contribution is 2.35. The van der Waals surface area contributed by atoms with Crippen molar-refractivity contribution in [3.8, 4) is 6.07 Å². The molecule has 0 aliphatic heterocycles. The van der Waals surface area contributed by atoms with Crippen molar-refractivity contribution in [3.63, 3.8) is 0 Å². The van der Waals surface area contributed by atoms with Crippen LogP contribution in [0.3, 0.4) is 0 Å². The quantitative estimate of drug-likeness (QED) is 0.616. The molecular formula is C7H2BrClN2OS. The van der Waals surface area contributed by atoms with Crippen LogP contribution < -0.4 is 0 Å². The minimum absolute atomic E-state index is 0.538. The lowest BCUT2D eigenvalue weighted by Crippen LogP contribution is -1.85. The van der Waals surface area contributed by atoms with Gasteiger partial charge in [-0.05, 0) is 22.0 Å². The third-order valence-electron chi connectivity index (χ3n) is 1.24. The van der Waals surface area contributed by atoms with Crippen LogP contribution in [0.1, 0.15) is 10.9 Å². The first-order valence-corrected chi connectivity index (χ1v) is 5.09. The molecule has 0 N–H and O–H groups in total. The van der Waals surface area contributed by atoms with E-state index in [4.69, 9.17) is 16.9 Å². The average Bonchev–Trinajstić information content (AvgIpc) is 2.43. The molecular weight excluding hydrogens is 276 g/mol. The molecule has 1 aromatic rings. The molecule has 6 heteroatoms. The third-order valence-corrected chi connectivity index (χ3v) is 3.76. The summed E-state index contributed by atoms with van der Waals surface area (Å²) < 4.78 is 1.24. The summed E-state index contributed by atoms with van der Waals surface area (Å²) in [5.74, 6) is 0. The van der Waals surface area contributed by atoms with Crippen molar-refractivity contribution in [3.05, 3.63) is 19.8 Å². The van der Waals surface area contributed by atoms with Crippen molar-refractivity contribution < 1.29 is 4.79 Å². The Morgan fingerprint density at radius 2 is 2.46 bits per heavy atom. The van der Waals surface area contributed by atoms with Crippen LogP contribution in [-0.2, 0) is 4.79 Å². The van der Waals surface area contributed by atoms with Crippen molar-refractivity contribution in [1.82, 2.24) is 0 Å². The number of isocyanates is 1. The summed E-state index contributed by atoms with van der Waals surface area (Å²) in [6.07, 6.45) is 1.35. The standard InChI is InChI=1S/C7H2BrClN2OS/c8-4-1-6(13-7(4)9)5(2-10)11-3-12/h1,5H. The highest BCUT2D eigenvalue weighted by Gasteiger charge is 2.13. The summed E-state index contributed by atoms with van der Waals surface area (Å²) in [6.45, 7) is 0. The average molecular weight is 278 g/mol. The molecule has 1 aromatic heterocycles. The normalized spacial score (nSPS) is 11.5. The second-order valence-electron chi connectivity index (χ2n) is 2.02. The number of rotatable bonds is 2. The van der Waals surface area contributed by atoms with E-state index in [2.05, 4.69) is 20.9 Å². The van der Waals surface area contributed by atoms with E-state index in [0.29, 0.717) is 13.7 Å². The van der Waals surface area contributed by atoms with Crippen molar-refractivity contribution in [2.24, 2.45) is 4.99 Å². The lowest BCUT2D eigenvalue weighted by Gasteiger charge is -1.93. The lowest BCUT2D eigenvalue weighted by molar-refractivity contribution is 0.561. The number of carbonyl (C=O) groups excluding carboxylic acids is 1. The zero-order valence-electron chi connectivity index (χ0n) is 6.12. The smallest absolute Gasteiger partial charge is 0.211 e. The summed E-state index contributed by atoms with van der Waals surface area (Å²) >= 11 is 10.2. The van der Waals surface area contributed by atoms with Crippen molar-refractivity contribution >= 4 is 44.9 Å². The molecule has 1 atom stereocenters. The van der Waals surface area contributed by atoms with Crippen LogP contribution in [0.2, 0.25) is 4.34 Å². The molecule has 13 heavy (non-hydrogen) atoms. The Bertz CT molecular complexity index is 386. The molecule has 0 bridgehead atoms. The Morgan fingerprint density at radius 3 is 2.85 bits per heavy atom. The number of aliphatic imine (C=N–C) groups is 1. The molecule has 0 aromatic carbocycles. The van der Waals surface area contributed by atoms with E-state index in [0.717, 1.165) is 0 Å². The van der Waals surface area contributed by atoms with Crippen molar-refractivity contribution in [1.29, 1.82) is 5.26 Å². The Morgan fingerprint density at radius 1 is 1.77 bits per heavy atom. The summed E-state index contributed by atoms with van der Waals surface area (Å²) in [6, 6.07) is 2.73. The maximum atomic E-state index is 9.96. The fourth-order valence-corrected chi connectivity index (χ4v) is 2.43. The Kier molecular flexibility index (Phi) is 3.64. The van der Waals surface area contributed by atoms with Gasteiger partial charge in [0.25, 0.3) is 0 Å². The monoisotopic (exact) mass is 276 g/mol. The molecule has 3 nitrogen and oxygen atoms in total. The predicted molar refractivity (Wildman–Crippen MR) is 53.5 cm³/mol. The first kappa shape index (κ1) is 10.4. The van der Waals surface area contributed by atoms with Gasteiger partial charge in [0, 0.05) is 9.35 Å². The van der Waals surface area contributed by atoms with E-state index in [1.807, 2.05) is 6.07 Å². The fourth-order valence-electron chi connectivity index (χ4n) is 0.707. The zero-order valence-corrected chi connectivity index (χ0v) is 9.28. The third kappa shape index (κ3) is 2.39. The molecule has 0 saturated carbocycles. The van der Waals surface area contributed by atoms with E-state index in [1.165, 1.54) is 17.4 Å². The van der Waals surface area contributed by atoms with Gasteiger partial charge in [-0.1, -0.05) is 11.6 Å². The highest BCUT2D eigenvalue weighted by atomic mass is 79.9. The van der Waals surface area contributed by atoms with Gasteiger partial charge in [0.05, 0.1) is 6.07 Å². The zero-order chi connectivity index (χ0) is 9.84. The van der Waals surface area contributed by atoms with Crippen LogP contribution in [0.4, 0.5) is 0 Å². The molecule has 0 aliphatic carbocycles. The maximum Gasteiger partial charge on any atom is 0.236 e. The molecule has 1 unspecified atom stereocenters. The number of hydrogen-bond donors (Lipinski definition) is 0. The van der Waals surface area contributed by atoms with Crippen molar-refractivity contribution in [2.75, 3.05) is 0 Å². The van der Waals surface area contributed by atoms with E-state index in [-0.39, 0.29) is 0 Å². The van der Waals surface area contributed by atoms with Gasteiger partial charge >= 0.3 is 0 Å². The van der Waals surface area contributed by atoms with Gasteiger partial charge in [-0.3, -0.25) is 0 Å². The minimum atomic E-state index is -0.800. The second kappa shape index (κ2) is 4.54. The van der Waals surface area contributed by atoms with Crippen LogP contribution >= 0.6 is 38.9 Å². The van der Waals surface area contributed by atoms with Gasteiger partial charge in [0.1, 0.15) is 4.34 Å². The summed E-state index contributed by atoms with van der Waals surface area (Å²) in [7, 11) is 0. The van der Waals surface area contributed by atoms with Crippen LogP contribution in [0.25, 0.3) is 0 Å². The van der Waals surface area contributed by atoms with Crippen LogP contribution in [0, 0.1) is 11.3 Å². The van der Waals surface area contributed by atoms with Crippen molar-refractivity contribution in [2.45, 2.75) is 6.04 Å². The van der Waals surface area contributed by atoms with E-state index in [1.54, 1.807) is 6.07 Å². The molecule has 0 saturated heterocycles. The Balaban J connectivity index is 3.07. The number of hydrogen-bond acceptors (Lipinski definition) is 4. The topological polar surface area (TPSA) is 53.2 Å². The molecule has 0 spiro atoms. The molecule has 1 heterocycles. The van der Waals surface area contributed by atoms with Gasteiger partial charge in [0.2, 0.25) is 6.08 Å². The summed E-state index contributed by atoms with van der Waals surface area (Å²) in [5.41, 5.74) is 0. The Hall–Kier alpha value is -0.660. The summed E-state index contributed by atoms with van der Waals surface area (Å²) in [4.78, 5) is 13.9. The largest absolute Gasteiger partial charge is 0.236 e. The molecule has 0 aliphatic rings. The summed E-state index contributed by atoms with van der Waals surface area (Å²) in [5, 5.41) is 8.64. The SMILES string of the molecule is N#CC(N=C=O)c1cc(Br)c(Cl)s1. The van der Waals surface area contributed by atoms with Gasteiger partial charge in [0.15, 0.2) is 6.04 Å². The number of nitriles is 1. The van der Waals surface area contributed by atoms with E-state index in [9.17, 15) is 4.79 Å². The molecule has 0 fully saturated rings. The molecule has 66 valence electrons. The van der Waals surface area contributed by atoms with Gasteiger partial charge in [-0.15, -0.1) is 11.3 Å². The van der Waals surface area contributed by atoms with E-state index >= 15 is 0 Å². The van der Waals surface area contributed by atoms with Crippen LogP contribution in [-0.4, -0.2) is 6.08 Å². The number of thiophene rings is 1. The number of nitrogens with zero attached hydrogens (tertiary/aromatic N) is 2. The molecule has 0 amide bonds. The molecule has 1 rings (SSSR count). The van der Waals surface area contributed by atoms with Gasteiger partial charge < -0.3 is 0 Å². The maximum absolute atomic E-state index is 9.96. The van der Waals surface area contributed by atoms with Gasteiger partial charge in [-0.25, -0.2) is 4.79 Å². The lowest BCUT2D eigenvalue weighted by atomic mass is 10.3. The second-order valence-corrected chi connectivity index (χ2v) is 4.56. The Labute approximate surface area is 91.8 Å². The van der Waals surface area contributed by atoms with Crippen LogP contribution in [0.15, 0.2) is 15.5 Å². The predicted octanol–water partition coefficient (Wildman–Crippen LogP) is 3.06. The first-order chi connectivity index (χ1) is 6.19. The fraction of sp³-hybridized carbons (Fsp3) is 0.143. The molecule has 0 radical (unpaired) electrons. The minimum Gasteiger partial charge on any atom is -0.211 e. The number of halogens is 2. The van der Waals surface area contributed by atoms with Crippen LogP contribution in [0.5, 0.6) is 0 Å². The van der Waals surface area contributed by atoms with Gasteiger partial charge in [-0.2, -0.15) is 10.3 Å². The highest BCUT2D eigenvalue weighted by molar-refractivity contribution is 9.10. The first-order valence-electron chi connectivity index (χ1n) is 3.10.